The standard InChI is InChI=1S/C12H20ClNO2/c13-6-4-11(16)14-7-10-3-1-2-5-12(10,8-14)9-15/h10,15H,1-9H2. The number of likely N-dealkylation sites (tertiary alicyclic amines) is 1. The molecule has 2 rings (SSSR count). The number of fused-ring (bicyclic) bond motifs is 1. The monoisotopic (exact) mass is 245 g/mol. The number of alkyl halides is 1. The molecule has 92 valence electrons. The van der Waals surface area contributed by atoms with Crippen molar-refractivity contribution in [2.75, 3.05) is 25.6 Å². The van der Waals surface area contributed by atoms with E-state index in [4.69, 9.17) is 11.6 Å². The van der Waals surface area contributed by atoms with Crippen LogP contribution < -0.4 is 0 Å². The van der Waals surface area contributed by atoms with Crippen LogP contribution in [0.15, 0.2) is 0 Å². The third-order valence-electron chi connectivity index (χ3n) is 4.27. The summed E-state index contributed by atoms with van der Waals surface area (Å²) < 4.78 is 0. The van der Waals surface area contributed by atoms with Crippen LogP contribution in [0, 0.1) is 11.3 Å². The van der Waals surface area contributed by atoms with Crippen molar-refractivity contribution in [1.82, 2.24) is 4.90 Å². The Bertz CT molecular complexity index is 272. The van der Waals surface area contributed by atoms with Gasteiger partial charge in [0.15, 0.2) is 0 Å². The zero-order chi connectivity index (χ0) is 11.6. The Morgan fingerprint density at radius 3 is 2.94 bits per heavy atom. The summed E-state index contributed by atoms with van der Waals surface area (Å²) in [5, 5.41) is 9.62. The van der Waals surface area contributed by atoms with Crippen LogP contribution in [0.1, 0.15) is 32.1 Å². The van der Waals surface area contributed by atoms with Crippen LogP contribution in [0.5, 0.6) is 0 Å². The number of aliphatic hydroxyl groups excluding tert-OH is 1. The molecule has 0 bridgehead atoms. The first-order valence-corrected chi connectivity index (χ1v) is 6.70. The first-order chi connectivity index (χ1) is 7.72. The van der Waals surface area contributed by atoms with Crippen molar-refractivity contribution in [2.24, 2.45) is 11.3 Å². The summed E-state index contributed by atoms with van der Waals surface area (Å²) in [7, 11) is 0. The molecule has 0 spiro atoms. The zero-order valence-corrected chi connectivity index (χ0v) is 10.4. The average Bonchev–Trinajstić information content (AvgIpc) is 2.69. The van der Waals surface area contributed by atoms with E-state index in [1.54, 1.807) is 0 Å². The van der Waals surface area contributed by atoms with Gasteiger partial charge in [-0.3, -0.25) is 4.79 Å². The van der Waals surface area contributed by atoms with E-state index in [-0.39, 0.29) is 17.9 Å². The lowest BCUT2D eigenvalue weighted by Crippen LogP contribution is -2.37. The van der Waals surface area contributed by atoms with Crippen LogP contribution in [0.2, 0.25) is 0 Å². The fourth-order valence-corrected chi connectivity index (χ4v) is 3.43. The fraction of sp³-hybridized carbons (Fsp3) is 0.917. The average molecular weight is 246 g/mol. The number of hydrogen-bond acceptors (Lipinski definition) is 2. The lowest BCUT2D eigenvalue weighted by Gasteiger charge is -2.36. The number of carbonyl (C=O) groups excluding carboxylic acids is 1. The fourth-order valence-electron chi connectivity index (χ4n) is 3.27. The van der Waals surface area contributed by atoms with E-state index in [1.165, 1.54) is 12.8 Å². The van der Waals surface area contributed by atoms with E-state index in [0.717, 1.165) is 25.9 Å². The van der Waals surface area contributed by atoms with Crippen LogP contribution >= 0.6 is 11.6 Å². The summed E-state index contributed by atoms with van der Waals surface area (Å²) in [4.78, 5) is 13.7. The largest absolute Gasteiger partial charge is 0.396 e. The molecule has 1 heterocycles. The van der Waals surface area contributed by atoms with Crippen molar-refractivity contribution in [3.05, 3.63) is 0 Å². The summed E-state index contributed by atoms with van der Waals surface area (Å²) in [5.74, 6) is 1.05. The predicted octanol–water partition coefficient (Wildman–Crippen LogP) is 1.63. The normalized spacial score (nSPS) is 33.9. The van der Waals surface area contributed by atoms with E-state index in [9.17, 15) is 9.90 Å². The van der Waals surface area contributed by atoms with Gasteiger partial charge < -0.3 is 10.0 Å². The Kier molecular flexibility index (Phi) is 3.75. The highest BCUT2D eigenvalue weighted by molar-refractivity contribution is 6.18. The Hall–Kier alpha value is -0.280. The molecule has 2 fully saturated rings. The predicted molar refractivity (Wildman–Crippen MR) is 63.4 cm³/mol. The summed E-state index contributed by atoms with van der Waals surface area (Å²) in [6, 6.07) is 0. The number of rotatable bonds is 3. The maximum absolute atomic E-state index is 11.8. The number of amides is 1. The second-order valence-corrected chi connectivity index (χ2v) is 5.55. The second kappa shape index (κ2) is 4.92. The van der Waals surface area contributed by atoms with Crippen molar-refractivity contribution in [3.63, 3.8) is 0 Å². The number of carbonyl (C=O) groups is 1. The zero-order valence-electron chi connectivity index (χ0n) is 9.62. The maximum Gasteiger partial charge on any atom is 0.223 e. The molecule has 2 unspecified atom stereocenters. The van der Waals surface area contributed by atoms with E-state index < -0.39 is 0 Å². The van der Waals surface area contributed by atoms with Gasteiger partial charge in [-0.05, 0) is 18.8 Å². The van der Waals surface area contributed by atoms with Crippen molar-refractivity contribution in [3.8, 4) is 0 Å². The third kappa shape index (κ3) is 2.07. The highest BCUT2D eigenvalue weighted by Gasteiger charge is 2.48. The van der Waals surface area contributed by atoms with Crippen LogP contribution in [0.25, 0.3) is 0 Å². The topological polar surface area (TPSA) is 40.5 Å². The quantitative estimate of drug-likeness (QED) is 0.768. The molecule has 1 saturated carbocycles. The molecule has 0 aromatic carbocycles. The number of hydrogen-bond donors (Lipinski definition) is 1. The van der Waals surface area contributed by atoms with Crippen molar-refractivity contribution in [1.29, 1.82) is 0 Å². The maximum atomic E-state index is 11.8. The second-order valence-electron chi connectivity index (χ2n) is 5.18. The van der Waals surface area contributed by atoms with E-state index in [0.29, 0.717) is 18.2 Å². The SMILES string of the molecule is O=C(CCCl)N1CC2CCCCC2(CO)C1. The summed E-state index contributed by atoms with van der Waals surface area (Å²) in [6.07, 6.45) is 5.08. The minimum Gasteiger partial charge on any atom is -0.396 e. The highest BCUT2D eigenvalue weighted by Crippen LogP contribution is 2.46. The summed E-state index contributed by atoms with van der Waals surface area (Å²) in [6.45, 7) is 1.79. The lowest BCUT2D eigenvalue weighted by molar-refractivity contribution is -0.130. The van der Waals surface area contributed by atoms with E-state index >= 15 is 0 Å². The van der Waals surface area contributed by atoms with Crippen molar-refractivity contribution < 1.29 is 9.90 Å². The van der Waals surface area contributed by atoms with E-state index in [1.807, 2.05) is 4.90 Å². The molecule has 2 aliphatic rings. The molecule has 1 saturated heterocycles. The van der Waals surface area contributed by atoms with Gasteiger partial charge in [0.2, 0.25) is 5.91 Å². The van der Waals surface area contributed by atoms with Crippen LogP contribution in [-0.2, 0) is 4.79 Å². The van der Waals surface area contributed by atoms with Crippen molar-refractivity contribution >= 4 is 17.5 Å². The van der Waals surface area contributed by atoms with Gasteiger partial charge >= 0.3 is 0 Å². The molecule has 2 atom stereocenters. The molecule has 1 aliphatic heterocycles. The first-order valence-electron chi connectivity index (χ1n) is 6.16. The van der Waals surface area contributed by atoms with Crippen molar-refractivity contribution in [2.45, 2.75) is 32.1 Å². The van der Waals surface area contributed by atoms with Gasteiger partial charge in [0.25, 0.3) is 0 Å². The molecule has 0 aromatic rings. The smallest absolute Gasteiger partial charge is 0.223 e. The Morgan fingerprint density at radius 2 is 2.31 bits per heavy atom. The van der Waals surface area contributed by atoms with Crippen LogP contribution in [0.4, 0.5) is 0 Å². The molecule has 1 N–H and O–H groups in total. The molecule has 0 aromatic heterocycles. The summed E-state index contributed by atoms with van der Waals surface area (Å²) >= 11 is 5.60. The highest BCUT2D eigenvalue weighted by atomic mass is 35.5. The van der Waals surface area contributed by atoms with Gasteiger partial charge in [-0.1, -0.05) is 12.8 Å². The lowest BCUT2D eigenvalue weighted by atomic mass is 9.69. The van der Waals surface area contributed by atoms with Gasteiger partial charge in [-0.15, -0.1) is 11.6 Å². The number of nitrogens with zero attached hydrogens (tertiary/aromatic N) is 1. The Morgan fingerprint density at radius 1 is 1.50 bits per heavy atom. The van der Waals surface area contributed by atoms with Crippen LogP contribution in [0.3, 0.4) is 0 Å². The molecular weight excluding hydrogens is 226 g/mol. The van der Waals surface area contributed by atoms with Crippen LogP contribution in [-0.4, -0.2) is 41.5 Å². The Balaban J connectivity index is 2.04. The molecule has 1 amide bonds. The van der Waals surface area contributed by atoms with Gasteiger partial charge in [-0.25, -0.2) is 0 Å². The van der Waals surface area contributed by atoms with Gasteiger partial charge in [0, 0.05) is 30.8 Å². The van der Waals surface area contributed by atoms with Gasteiger partial charge in [-0.2, -0.15) is 0 Å². The minimum absolute atomic E-state index is 0.000221. The first kappa shape index (κ1) is 12.2. The molecular formula is C12H20ClNO2. The van der Waals surface area contributed by atoms with E-state index in [2.05, 4.69) is 0 Å². The Labute approximate surface area is 102 Å². The molecule has 1 aliphatic carbocycles. The third-order valence-corrected chi connectivity index (χ3v) is 4.45. The summed E-state index contributed by atoms with van der Waals surface area (Å²) in [5.41, 5.74) is 0.000221. The molecule has 4 heteroatoms. The number of halogens is 1. The molecule has 3 nitrogen and oxygen atoms in total. The molecule has 0 radical (unpaired) electrons. The van der Waals surface area contributed by atoms with Gasteiger partial charge in [0.1, 0.15) is 0 Å². The molecule has 16 heavy (non-hydrogen) atoms. The minimum atomic E-state index is 0.000221. The number of aliphatic hydroxyl groups is 1. The van der Waals surface area contributed by atoms with Gasteiger partial charge in [0.05, 0.1) is 6.61 Å².